The molecule has 1 N–H and O–H groups in total. The second-order valence-corrected chi connectivity index (χ2v) is 5.25. The minimum atomic E-state index is -4.50. The van der Waals surface area contributed by atoms with Crippen molar-refractivity contribution in [2.24, 2.45) is 0 Å². The minimum absolute atomic E-state index is 0.0157. The third-order valence-corrected chi connectivity index (χ3v) is 3.68. The number of carbonyl (C=O) groups excluding carboxylic acids is 1. The minimum Gasteiger partial charge on any atom is -0.447 e. The summed E-state index contributed by atoms with van der Waals surface area (Å²) in [5.41, 5.74) is 0.0157. The number of carbonyl (C=O) groups is 1. The fraction of sp³-hybridized carbons (Fsp3) is 0.364. The van der Waals surface area contributed by atoms with E-state index in [2.05, 4.69) is 9.46 Å². The third-order valence-electron chi connectivity index (χ3n) is 2.53. The van der Waals surface area contributed by atoms with Gasteiger partial charge in [-0.15, -0.1) is 0 Å². The molecule has 9 heteroatoms. The second kappa shape index (κ2) is 6.11. The van der Waals surface area contributed by atoms with Gasteiger partial charge < -0.3 is 4.74 Å². The van der Waals surface area contributed by atoms with Crippen molar-refractivity contribution in [1.82, 2.24) is 9.03 Å². The van der Waals surface area contributed by atoms with Crippen LogP contribution in [-0.4, -0.2) is 29.7 Å². The quantitative estimate of drug-likeness (QED) is 0.859. The summed E-state index contributed by atoms with van der Waals surface area (Å²) in [5, 5.41) is 0.352. The summed E-state index contributed by atoms with van der Waals surface area (Å²) in [6, 6.07) is 3.43. The van der Waals surface area contributed by atoms with Crippen molar-refractivity contribution >= 4 is 29.8 Å². The SMILES string of the molecule is O=C1OCCN1SN[C@H](c1ccc(Cl)cc1)C(F)(F)F. The van der Waals surface area contributed by atoms with Crippen molar-refractivity contribution in [1.29, 1.82) is 0 Å². The molecule has 110 valence electrons. The maximum atomic E-state index is 13.0. The number of hydrogen-bond donors (Lipinski definition) is 1. The summed E-state index contributed by atoms with van der Waals surface area (Å²) >= 11 is 6.24. The summed E-state index contributed by atoms with van der Waals surface area (Å²) in [5.74, 6) is 0. The average Bonchev–Trinajstić information content (AvgIpc) is 2.76. The number of alkyl halides is 3. The van der Waals surface area contributed by atoms with Crippen LogP contribution in [0.25, 0.3) is 0 Å². The van der Waals surface area contributed by atoms with Gasteiger partial charge in [0, 0.05) is 17.2 Å². The Hall–Kier alpha value is -1.12. The molecule has 0 saturated carbocycles. The molecule has 1 aliphatic rings. The first-order valence-electron chi connectivity index (χ1n) is 5.57. The van der Waals surface area contributed by atoms with Crippen molar-refractivity contribution < 1.29 is 22.7 Å². The van der Waals surface area contributed by atoms with Gasteiger partial charge in [-0.3, -0.25) is 0 Å². The number of rotatable bonds is 4. The van der Waals surface area contributed by atoms with Crippen LogP contribution in [0, 0.1) is 0 Å². The van der Waals surface area contributed by atoms with E-state index in [9.17, 15) is 18.0 Å². The molecule has 0 radical (unpaired) electrons. The first-order valence-corrected chi connectivity index (χ1v) is 6.72. The Labute approximate surface area is 122 Å². The highest BCUT2D eigenvalue weighted by Gasteiger charge is 2.41. The van der Waals surface area contributed by atoms with Crippen molar-refractivity contribution in [3.05, 3.63) is 34.9 Å². The molecule has 1 fully saturated rings. The highest BCUT2D eigenvalue weighted by atomic mass is 35.5. The zero-order chi connectivity index (χ0) is 14.8. The van der Waals surface area contributed by atoms with Crippen LogP contribution in [0.3, 0.4) is 0 Å². The fourth-order valence-corrected chi connectivity index (χ4v) is 2.48. The predicted molar refractivity (Wildman–Crippen MR) is 69.0 cm³/mol. The van der Waals surface area contributed by atoms with Crippen molar-refractivity contribution in [3.63, 3.8) is 0 Å². The lowest BCUT2D eigenvalue weighted by atomic mass is 10.1. The lowest BCUT2D eigenvalue weighted by molar-refractivity contribution is -0.152. The van der Waals surface area contributed by atoms with E-state index in [0.717, 1.165) is 4.31 Å². The van der Waals surface area contributed by atoms with Gasteiger partial charge in [0.1, 0.15) is 12.6 Å². The van der Waals surface area contributed by atoms with Gasteiger partial charge in [0.25, 0.3) is 0 Å². The molecule has 1 amide bonds. The Bertz CT molecular complexity index is 484. The van der Waals surface area contributed by atoms with E-state index in [0.29, 0.717) is 17.2 Å². The number of halogens is 4. The Morgan fingerprint density at radius 1 is 1.35 bits per heavy atom. The molecule has 4 nitrogen and oxygen atoms in total. The Morgan fingerprint density at radius 3 is 2.50 bits per heavy atom. The van der Waals surface area contributed by atoms with Crippen LogP contribution in [0.15, 0.2) is 24.3 Å². The maximum Gasteiger partial charge on any atom is 0.421 e. The summed E-state index contributed by atoms with van der Waals surface area (Å²) in [6.07, 6.45) is -5.15. The monoisotopic (exact) mass is 326 g/mol. The third kappa shape index (κ3) is 3.71. The van der Waals surface area contributed by atoms with Gasteiger partial charge in [0.15, 0.2) is 0 Å². The molecule has 1 atom stereocenters. The molecule has 0 aromatic heterocycles. The van der Waals surface area contributed by atoms with Crippen molar-refractivity contribution in [2.75, 3.05) is 13.2 Å². The van der Waals surface area contributed by atoms with Gasteiger partial charge in [-0.05, 0) is 17.7 Å². The smallest absolute Gasteiger partial charge is 0.421 e. The molecular weight excluding hydrogens is 317 g/mol. The molecule has 1 aromatic carbocycles. The largest absolute Gasteiger partial charge is 0.447 e. The maximum absolute atomic E-state index is 13.0. The van der Waals surface area contributed by atoms with Gasteiger partial charge in [-0.1, -0.05) is 23.7 Å². The van der Waals surface area contributed by atoms with E-state index in [1.54, 1.807) is 0 Å². The Balaban J connectivity index is 2.08. The van der Waals surface area contributed by atoms with Gasteiger partial charge >= 0.3 is 12.3 Å². The summed E-state index contributed by atoms with van der Waals surface area (Å²) in [7, 11) is 0. The fourth-order valence-electron chi connectivity index (χ4n) is 1.56. The van der Waals surface area contributed by atoms with Gasteiger partial charge in [0.2, 0.25) is 0 Å². The molecule has 1 heterocycles. The number of hydrogen-bond acceptors (Lipinski definition) is 4. The molecule has 1 saturated heterocycles. The van der Waals surface area contributed by atoms with Crippen LogP contribution in [0.5, 0.6) is 0 Å². The summed E-state index contributed by atoms with van der Waals surface area (Å²) < 4.78 is 47.1. The molecule has 1 aliphatic heterocycles. The van der Waals surface area contributed by atoms with Crippen molar-refractivity contribution in [2.45, 2.75) is 12.2 Å². The van der Waals surface area contributed by atoms with E-state index in [4.69, 9.17) is 11.6 Å². The molecule has 0 bridgehead atoms. The van der Waals surface area contributed by atoms with Crippen LogP contribution in [0.2, 0.25) is 5.02 Å². The van der Waals surface area contributed by atoms with Crippen LogP contribution in [-0.2, 0) is 4.74 Å². The van der Waals surface area contributed by atoms with Crippen LogP contribution in [0.1, 0.15) is 11.6 Å². The number of nitrogens with zero attached hydrogens (tertiary/aromatic N) is 1. The van der Waals surface area contributed by atoms with E-state index in [-0.39, 0.29) is 18.7 Å². The number of cyclic esters (lactones) is 1. The van der Waals surface area contributed by atoms with E-state index in [1.165, 1.54) is 24.3 Å². The number of ether oxygens (including phenoxy) is 1. The van der Waals surface area contributed by atoms with Gasteiger partial charge in [0.05, 0.1) is 6.54 Å². The normalized spacial score (nSPS) is 17.2. The molecule has 0 aliphatic carbocycles. The Kier molecular flexibility index (Phi) is 4.66. The molecule has 1 aromatic rings. The second-order valence-electron chi connectivity index (χ2n) is 3.95. The summed E-state index contributed by atoms with van der Waals surface area (Å²) in [4.78, 5) is 11.2. The van der Waals surface area contributed by atoms with E-state index in [1.807, 2.05) is 0 Å². The molecule has 0 spiro atoms. The molecule has 0 unspecified atom stereocenters. The first kappa shape index (κ1) is 15.3. The molecule has 2 rings (SSSR count). The number of nitrogens with one attached hydrogen (secondary N) is 1. The highest BCUT2D eigenvalue weighted by Crippen LogP contribution is 2.35. The zero-order valence-corrected chi connectivity index (χ0v) is 11.6. The first-order chi connectivity index (χ1) is 9.38. The van der Waals surface area contributed by atoms with Crippen molar-refractivity contribution in [3.8, 4) is 0 Å². The predicted octanol–water partition coefficient (Wildman–Crippen LogP) is 3.55. The number of benzene rings is 1. The van der Waals surface area contributed by atoms with Crippen LogP contribution >= 0.6 is 23.7 Å². The molecule has 20 heavy (non-hydrogen) atoms. The van der Waals surface area contributed by atoms with E-state index >= 15 is 0 Å². The topological polar surface area (TPSA) is 41.6 Å². The van der Waals surface area contributed by atoms with Gasteiger partial charge in [-0.2, -0.15) is 13.2 Å². The highest BCUT2D eigenvalue weighted by molar-refractivity contribution is 7.95. The standard InChI is InChI=1S/C11H10ClF3N2O2S/c12-8-3-1-7(2-4-8)9(11(13,14)15)16-20-17-5-6-19-10(17)18/h1-4,9,16H,5-6H2/t9-/m1/s1. The van der Waals surface area contributed by atoms with Gasteiger partial charge in [-0.25, -0.2) is 13.8 Å². The van der Waals surface area contributed by atoms with Crippen LogP contribution in [0.4, 0.5) is 18.0 Å². The Morgan fingerprint density at radius 2 is 2.00 bits per heavy atom. The average molecular weight is 327 g/mol. The van der Waals surface area contributed by atoms with E-state index < -0.39 is 18.3 Å². The summed E-state index contributed by atoms with van der Waals surface area (Å²) in [6.45, 7) is 0.410. The zero-order valence-electron chi connectivity index (χ0n) is 9.98. The van der Waals surface area contributed by atoms with Crippen LogP contribution < -0.4 is 4.72 Å². The lowest BCUT2D eigenvalue weighted by Gasteiger charge is -2.23. The number of amides is 1. The lowest BCUT2D eigenvalue weighted by Crippen LogP contribution is -2.33. The molecular formula is C11H10ClF3N2O2S.